The third-order valence-corrected chi connectivity index (χ3v) is 3.47. The molecule has 2 rings (SSSR count). The highest BCUT2D eigenvalue weighted by atomic mass is 35.5. The molecule has 1 aromatic heterocycles. The minimum Gasteiger partial charge on any atom is -0.439 e. The number of hydrogen-bond donors (Lipinski definition) is 1. The summed E-state index contributed by atoms with van der Waals surface area (Å²) in [6.07, 6.45) is 1.33. The highest BCUT2D eigenvalue weighted by molar-refractivity contribution is 6.30. The van der Waals surface area contributed by atoms with Crippen molar-refractivity contribution in [3.05, 3.63) is 41.4 Å². The van der Waals surface area contributed by atoms with Gasteiger partial charge in [-0.1, -0.05) is 23.7 Å². The van der Waals surface area contributed by atoms with Crippen molar-refractivity contribution < 1.29 is 9.52 Å². The van der Waals surface area contributed by atoms with Gasteiger partial charge in [0.25, 0.3) is 0 Å². The van der Waals surface area contributed by atoms with Gasteiger partial charge in [0, 0.05) is 23.2 Å². The molecule has 21 heavy (non-hydrogen) atoms. The number of hydrogen-bond acceptors (Lipinski definition) is 4. The van der Waals surface area contributed by atoms with Crippen molar-refractivity contribution in [2.24, 2.45) is 0 Å². The molecule has 1 atom stereocenters. The van der Waals surface area contributed by atoms with Gasteiger partial charge in [0.1, 0.15) is 0 Å². The molecule has 0 aliphatic carbocycles. The Morgan fingerprint density at radius 1 is 1.33 bits per heavy atom. The Labute approximate surface area is 130 Å². The summed E-state index contributed by atoms with van der Waals surface area (Å²) in [5.41, 5.74) is 0.910. The topological polar surface area (TPSA) is 49.5 Å². The zero-order valence-corrected chi connectivity index (χ0v) is 13.3. The van der Waals surface area contributed by atoms with Crippen molar-refractivity contribution in [1.29, 1.82) is 0 Å². The number of oxazole rings is 1. The van der Waals surface area contributed by atoms with Gasteiger partial charge in [0.15, 0.2) is 5.76 Å². The maximum absolute atomic E-state index is 9.56. The molecule has 1 N–H and O–H groups in total. The van der Waals surface area contributed by atoms with Gasteiger partial charge in [0.2, 0.25) is 5.89 Å². The molecule has 0 radical (unpaired) electrons. The van der Waals surface area contributed by atoms with Crippen LogP contribution in [0.2, 0.25) is 5.02 Å². The van der Waals surface area contributed by atoms with Crippen LogP contribution < -0.4 is 0 Å². The average molecular weight is 309 g/mol. The van der Waals surface area contributed by atoms with Crippen LogP contribution in [0, 0.1) is 0 Å². The predicted octanol–water partition coefficient (Wildman–Crippen LogP) is 3.59. The minimum absolute atomic E-state index is 0.307. The van der Waals surface area contributed by atoms with Gasteiger partial charge in [-0.2, -0.15) is 0 Å². The van der Waals surface area contributed by atoms with Crippen LogP contribution in [0.1, 0.15) is 26.7 Å². The second-order valence-electron chi connectivity index (χ2n) is 5.50. The van der Waals surface area contributed by atoms with Gasteiger partial charge in [-0.15, -0.1) is 0 Å². The third kappa shape index (κ3) is 4.56. The smallest absolute Gasteiger partial charge is 0.209 e. The van der Waals surface area contributed by atoms with Crippen LogP contribution >= 0.6 is 11.6 Å². The van der Waals surface area contributed by atoms with E-state index in [9.17, 15) is 5.11 Å². The molecule has 0 fully saturated rings. The van der Waals surface area contributed by atoms with Gasteiger partial charge in [-0.3, -0.25) is 4.90 Å². The second kappa shape index (κ2) is 7.07. The molecule has 0 saturated carbocycles. The van der Waals surface area contributed by atoms with E-state index in [1.54, 1.807) is 13.1 Å². The molecule has 114 valence electrons. The lowest BCUT2D eigenvalue weighted by atomic mass is 10.2. The van der Waals surface area contributed by atoms with E-state index in [1.165, 1.54) is 0 Å². The number of aromatic nitrogens is 1. The molecular formula is C16H21ClN2O2. The normalized spacial score (nSPS) is 13.1. The first-order valence-corrected chi connectivity index (χ1v) is 7.46. The Morgan fingerprint density at radius 2 is 2.10 bits per heavy atom. The molecule has 1 heterocycles. The van der Waals surface area contributed by atoms with Crippen LogP contribution in [0.5, 0.6) is 0 Å². The maximum Gasteiger partial charge on any atom is 0.209 e. The molecule has 0 aliphatic heterocycles. The summed E-state index contributed by atoms with van der Waals surface area (Å²) < 4.78 is 5.79. The summed E-state index contributed by atoms with van der Waals surface area (Å²) in [4.78, 5) is 6.44. The van der Waals surface area contributed by atoms with Gasteiger partial charge in [0.05, 0.1) is 18.8 Å². The lowest BCUT2D eigenvalue weighted by molar-refractivity contribution is 0.0964. The molecule has 1 aromatic carbocycles. The Balaban J connectivity index is 2.12. The second-order valence-corrected chi connectivity index (χ2v) is 5.94. The molecule has 2 aromatic rings. The summed E-state index contributed by atoms with van der Waals surface area (Å²) in [7, 11) is 0. The van der Waals surface area contributed by atoms with E-state index in [1.807, 2.05) is 24.3 Å². The number of aliphatic hydroxyl groups is 1. The van der Waals surface area contributed by atoms with Gasteiger partial charge < -0.3 is 9.52 Å². The van der Waals surface area contributed by atoms with E-state index in [4.69, 9.17) is 16.0 Å². The zero-order valence-electron chi connectivity index (χ0n) is 12.6. The maximum atomic E-state index is 9.56. The van der Waals surface area contributed by atoms with E-state index in [2.05, 4.69) is 23.7 Å². The van der Waals surface area contributed by atoms with Crippen molar-refractivity contribution >= 4 is 11.6 Å². The minimum atomic E-state index is -0.380. The van der Waals surface area contributed by atoms with Crippen LogP contribution in [0.25, 0.3) is 11.3 Å². The zero-order chi connectivity index (χ0) is 15.4. The number of benzene rings is 1. The molecule has 0 bridgehead atoms. The van der Waals surface area contributed by atoms with Gasteiger partial charge >= 0.3 is 0 Å². The first-order valence-electron chi connectivity index (χ1n) is 7.08. The molecule has 0 spiro atoms. The molecule has 0 saturated heterocycles. The summed E-state index contributed by atoms with van der Waals surface area (Å²) in [5, 5.41) is 10.2. The van der Waals surface area contributed by atoms with E-state index < -0.39 is 0 Å². The van der Waals surface area contributed by atoms with Crippen molar-refractivity contribution in [3.8, 4) is 11.3 Å². The van der Waals surface area contributed by atoms with Crippen LogP contribution in [0.15, 0.2) is 34.9 Å². The lowest BCUT2D eigenvalue weighted by Crippen LogP contribution is -2.36. The third-order valence-electron chi connectivity index (χ3n) is 3.23. The van der Waals surface area contributed by atoms with Crippen LogP contribution in [-0.2, 0) is 6.54 Å². The van der Waals surface area contributed by atoms with Crippen LogP contribution in [-0.4, -0.2) is 33.7 Å². The standard InChI is InChI=1S/C16H21ClN2O2/c1-11(2)19(9-12(3)20)10-16-18-8-15(21-16)13-5-4-6-14(17)7-13/h4-8,11-12,20H,9-10H2,1-3H3. The van der Waals surface area contributed by atoms with E-state index in [-0.39, 0.29) is 6.10 Å². The first-order chi connectivity index (χ1) is 9.95. The largest absolute Gasteiger partial charge is 0.439 e. The Bertz CT molecular complexity index is 581. The summed E-state index contributed by atoms with van der Waals surface area (Å²) in [5.74, 6) is 1.34. The number of aliphatic hydroxyl groups excluding tert-OH is 1. The van der Waals surface area contributed by atoms with Crippen LogP contribution in [0.3, 0.4) is 0 Å². The Kier molecular flexibility index (Phi) is 5.39. The van der Waals surface area contributed by atoms with Crippen LogP contribution in [0.4, 0.5) is 0 Å². The SMILES string of the molecule is CC(O)CN(Cc1ncc(-c2cccc(Cl)c2)o1)C(C)C. The van der Waals surface area contributed by atoms with Gasteiger partial charge in [-0.05, 0) is 32.9 Å². The fourth-order valence-corrected chi connectivity index (χ4v) is 2.32. The van der Waals surface area contributed by atoms with Crippen molar-refractivity contribution in [3.63, 3.8) is 0 Å². The number of nitrogens with zero attached hydrogens (tertiary/aromatic N) is 2. The number of rotatable bonds is 6. The highest BCUT2D eigenvalue weighted by Gasteiger charge is 2.16. The summed E-state index contributed by atoms with van der Waals surface area (Å²) in [6.45, 7) is 7.12. The van der Waals surface area contributed by atoms with E-state index >= 15 is 0 Å². The van der Waals surface area contributed by atoms with Crippen molar-refractivity contribution in [2.45, 2.75) is 39.5 Å². The fourth-order valence-electron chi connectivity index (χ4n) is 2.13. The molecule has 1 unspecified atom stereocenters. The Morgan fingerprint density at radius 3 is 2.71 bits per heavy atom. The highest BCUT2D eigenvalue weighted by Crippen LogP contribution is 2.24. The quantitative estimate of drug-likeness (QED) is 0.886. The molecule has 4 nitrogen and oxygen atoms in total. The molecule has 0 amide bonds. The average Bonchev–Trinajstić information content (AvgIpc) is 2.86. The monoisotopic (exact) mass is 308 g/mol. The Hall–Kier alpha value is -1.36. The lowest BCUT2D eigenvalue weighted by Gasteiger charge is -2.26. The predicted molar refractivity (Wildman–Crippen MR) is 84.2 cm³/mol. The molecular weight excluding hydrogens is 288 g/mol. The molecule has 0 aliphatic rings. The summed E-state index contributed by atoms with van der Waals surface area (Å²) in [6, 6.07) is 7.80. The number of halogens is 1. The van der Waals surface area contributed by atoms with E-state index in [0.717, 1.165) is 5.56 Å². The van der Waals surface area contributed by atoms with E-state index in [0.29, 0.717) is 35.8 Å². The fraction of sp³-hybridized carbons (Fsp3) is 0.438. The van der Waals surface area contributed by atoms with Gasteiger partial charge in [-0.25, -0.2) is 4.98 Å². The van der Waals surface area contributed by atoms with Crippen molar-refractivity contribution in [1.82, 2.24) is 9.88 Å². The summed E-state index contributed by atoms with van der Waals surface area (Å²) >= 11 is 5.99. The molecule has 5 heteroatoms. The van der Waals surface area contributed by atoms with Crippen molar-refractivity contribution in [2.75, 3.05) is 6.54 Å². The first kappa shape index (κ1) is 16.0.